The summed E-state index contributed by atoms with van der Waals surface area (Å²) < 4.78 is 41.6. The van der Waals surface area contributed by atoms with Crippen LogP contribution in [0.5, 0.6) is 0 Å². The molecule has 0 bridgehead atoms. The van der Waals surface area contributed by atoms with Crippen LogP contribution >= 0.6 is 27.5 Å². The number of benzene rings is 2. The molecule has 0 N–H and O–H groups in total. The van der Waals surface area contributed by atoms with Crippen LogP contribution in [-0.2, 0) is 12.7 Å². The lowest BCUT2D eigenvalue weighted by Gasteiger charge is -2.18. The van der Waals surface area contributed by atoms with Crippen molar-refractivity contribution < 1.29 is 13.2 Å². The van der Waals surface area contributed by atoms with Gasteiger partial charge in [0.2, 0.25) is 0 Å². The summed E-state index contributed by atoms with van der Waals surface area (Å²) in [6.45, 7) is 0.232. The van der Waals surface area contributed by atoms with E-state index in [0.29, 0.717) is 5.56 Å². The highest BCUT2D eigenvalue weighted by Gasteiger charge is 2.34. The minimum atomic E-state index is -4.62. The van der Waals surface area contributed by atoms with E-state index in [9.17, 15) is 18.0 Å². The van der Waals surface area contributed by atoms with Gasteiger partial charge in [0.25, 0.3) is 0 Å². The Morgan fingerprint density at radius 1 is 1.14 bits per heavy atom. The Hall–Kier alpha value is -2.56. The number of rotatable bonds is 3. The first-order valence-corrected chi connectivity index (χ1v) is 9.13. The molecule has 0 saturated heterocycles. The quantitative estimate of drug-likeness (QED) is 0.484. The fourth-order valence-corrected chi connectivity index (χ4v) is 3.49. The number of aromatic nitrogens is 1. The molecular formula is C20H11BrClF3N2O. The van der Waals surface area contributed by atoms with E-state index in [2.05, 4.69) is 15.9 Å². The first-order chi connectivity index (χ1) is 13.2. The lowest BCUT2D eigenvalue weighted by atomic mass is 10.1. The van der Waals surface area contributed by atoms with E-state index in [1.54, 1.807) is 28.8 Å². The van der Waals surface area contributed by atoms with Crippen molar-refractivity contribution in [3.63, 3.8) is 0 Å². The van der Waals surface area contributed by atoms with Crippen molar-refractivity contribution in [2.45, 2.75) is 12.7 Å². The van der Waals surface area contributed by atoms with E-state index in [0.717, 1.165) is 11.6 Å². The molecule has 1 heterocycles. The third-order valence-electron chi connectivity index (χ3n) is 4.07. The summed E-state index contributed by atoms with van der Waals surface area (Å²) in [5, 5.41) is 8.58. The molecule has 8 heteroatoms. The Morgan fingerprint density at radius 3 is 2.54 bits per heavy atom. The molecule has 3 rings (SSSR count). The summed E-state index contributed by atoms with van der Waals surface area (Å²) in [6, 6.07) is 13.7. The number of hydrogen-bond donors (Lipinski definition) is 0. The van der Waals surface area contributed by atoms with Gasteiger partial charge in [-0.1, -0.05) is 35.9 Å². The van der Waals surface area contributed by atoms with Gasteiger partial charge in [0.15, 0.2) is 5.43 Å². The summed E-state index contributed by atoms with van der Waals surface area (Å²) in [6.07, 6.45) is -3.12. The summed E-state index contributed by atoms with van der Waals surface area (Å²) in [5.74, 6) is 0. The Morgan fingerprint density at radius 2 is 1.86 bits per heavy atom. The average molecular weight is 468 g/mol. The Labute approximate surface area is 171 Å². The molecule has 28 heavy (non-hydrogen) atoms. The lowest BCUT2D eigenvalue weighted by Crippen LogP contribution is -2.13. The van der Waals surface area contributed by atoms with Crippen molar-refractivity contribution >= 4 is 27.5 Å². The molecule has 0 aliphatic carbocycles. The fraction of sp³-hybridized carbons (Fsp3) is 0.100. The molecule has 0 saturated carbocycles. The van der Waals surface area contributed by atoms with Gasteiger partial charge in [0, 0.05) is 24.4 Å². The molecule has 2 aromatic carbocycles. The SMILES string of the molecule is N#Cc1cccc(Cn2cc(Br)c(=O)cc2-c2cccc(C(F)(F)F)c2Cl)c1. The third-order valence-corrected chi connectivity index (χ3v) is 5.07. The summed E-state index contributed by atoms with van der Waals surface area (Å²) in [7, 11) is 0. The molecular weight excluding hydrogens is 457 g/mol. The van der Waals surface area contributed by atoms with Crippen molar-refractivity contribution in [2.75, 3.05) is 0 Å². The Balaban J connectivity index is 2.18. The van der Waals surface area contributed by atoms with Gasteiger partial charge in [0.1, 0.15) is 0 Å². The molecule has 0 atom stereocenters. The first kappa shape index (κ1) is 20.2. The van der Waals surface area contributed by atoms with E-state index in [-0.39, 0.29) is 27.7 Å². The average Bonchev–Trinajstić information content (AvgIpc) is 2.64. The molecule has 0 spiro atoms. The number of nitrogens with zero attached hydrogens (tertiary/aromatic N) is 2. The van der Waals surface area contributed by atoms with Crippen LogP contribution in [0.1, 0.15) is 16.7 Å². The van der Waals surface area contributed by atoms with Crippen molar-refractivity contribution in [3.05, 3.63) is 91.1 Å². The van der Waals surface area contributed by atoms with E-state index < -0.39 is 16.8 Å². The summed E-state index contributed by atoms with van der Waals surface area (Å²) >= 11 is 9.21. The molecule has 0 unspecified atom stereocenters. The fourth-order valence-electron chi connectivity index (χ4n) is 2.79. The van der Waals surface area contributed by atoms with Gasteiger partial charge in [-0.25, -0.2) is 0 Å². The number of alkyl halides is 3. The molecule has 0 aliphatic heterocycles. The topological polar surface area (TPSA) is 45.8 Å². The van der Waals surface area contributed by atoms with Crippen molar-refractivity contribution in [2.24, 2.45) is 0 Å². The van der Waals surface area contributed by atoms with E-state index in [1.807, 2.05) is 6.07 Å². The van der Waals surface area contributed by atoms with Gasteiger partial charge in [-0.15, -0.1) is 0 Å². The molecule has 3 aromatic rings. The van der Waals surface area contributed by atoms with Gasteiger partial charge in [0.05, 0.1) is 32.4 Å². The lowest BCUT2D eigenvalue weighted by molar-refractivity contribution is -0.137. The number of halogens is 5. The second kappa shape index (κ2) is 7.82. The number of nitriles is 1. The minimum Gasteiger partial charge on any atom is -0.342 e. The van der Waals surface area contributed by atoms with Gasteiger partial charge >= 0.3 is 6.18 Å². The molecule has 142 valence electrons. The Kier molecular flexibility index (Phi) is 5.64. The molecule has 1 aromatic heterocycles. The van der Waals surface area contributed by atoms with E-state index >= 15 is 0 Å². The maximum Gasteiger partial charge on any atom is 0.417 e. The van der Waals surface area contributed by atoms with Crippen LogP contribution < -0.4 is 5.43 Å². The minimum absolute atomic E-state index is 0.0949. The largest absolute Gasteiger partial charge is 0.417 e. The second-order valence-electron chi connectivity index (χ2n) is 5.98. The van der Waals surface area contributed by atoms with Crippen LogP contribution in [0.15, 0.2) is 64.0 Å². The molecule has 0 aliphatic rings. The normalized spacial score (nSPS) is 11.3. The number of pyridine rings is 1. The standard InChI is InChI=1S/C20H11BrClF3N2O/c21-16-11-27(10-13-4-1-3-12(7-13)9-26)17(8-18(16)28)14-5-2-6-15(19(14)22)20(23,24)25/h1-8,11H,10H2. The van der Waals surface area contributed by atoms with Gasteiger partial charge in [-0.3, -0.25) is 4.79 Å². The van der Waals surface area contributed by atoms with Crippen molar-refractivity contribution in [1.29, 1.82) is 5.26 Å². The number of hydrogen-bond acceptors (Lipinski definition) is 2. The maximum absolute atomic E-state index is 13.2. The highest BCUT2D eigenvalue weighted by Crippen LogP contribution is 2.39. The second-order valence-corrected chi connectivity index (χ2v) is 7.21. The smallest absolute Gasteiger partial charge is 0.342 e. The zero-order valence-electron chi connectivity index (χ0n) is 14.1. The van der Waals surface area contributed by atoms with Crippen molar-refractivity contribution in [3.8, 4) is 17.3 Å². The summed E-state index contributed by atoms with van der Waals surface area (Å²) in [4.78, 5) is 12.1. The molecule has 0 fully saturated rings. The van der Waals surface area contributed by atoms with E-state index in [1.165, 1.54) is 24.4 Å². The van der Waals surface area contributed by atoms with Crippen LogP contribution in [0.2, 0.25) is 5.02 Å². The predicted octanol–water partition coefficient (Wildman–Crippen LogP) is 5.87. The zero-order valence-corrected chi connectivity index (χ0v) is 16.4. The van der Waals surface area contributed by atoms with Crippen LogP contribution in [0.3, 0.4) is 0 Å². The van der Waals surface area contributed by atoms with Crippen LogP contribution in [-0.4, -0.2) is 4.57 Å². The maximum atomic E-state index is 13.2. The van der Waals surface area contributed by atoms with Gasteiger partial charge < -0.3 is 4.57 Å². The van der Waals surface area contributed by atoms with Gasteiger partial charge in [-0.05, 0) is 39.7 Å². The Bertz CT molecular complexity index is 1150. The highest BCUT2D eigenvalue weighted by atomic mass is 79.9. The highest BCUT2D eigenvalue weighted by molar-refractivity contribution is 9.10. The van der Waals surface area contributed by atoms with Crippen LogP contribution in [0, 0.1) is 11.3 Å². The zero-order chi connectivity index (χ0) is 20.5. The molecule has 3 nitrogen and oxygen atoms in total. The van der Waals surface area contributed by atoms with E-state index in [4.69, 9.17) is 16.9 Å². The van der Waals surface area contributed by atoms with Crippen molar-refractivity contribution in [1.82, 2.24) is 4.57 Å². The van der Waals surface area contributed by atoms with Gasteiger partial charge in [-0.2, -0.15) is 18.4 Å². The summed E-state index contributed by atoms with van der Waals surface area (Å²) in [5.41, 5.74) is 0.185. The molecule has 0 radical (unpaired) electrons. The monoisotopic (exact) mass is 466 g/mol. The third kappa shape index (κ3) is 4.13. The first-order valence-electron chi connectivity index (χ1n) is 7.96. The molecule has 0 amide bonds. The van der Waals surface area contributed by atoms with Crippen LogP contribution in [0.4, 0.5) is 13.2 Å². The predicted molar refractivity (Wildman–Crippen MR) is 104 cm³/mol. The van der Waals surface area contributed by atoms with Crippen LogP contribution in [0.25, 0.3) is 11.3 Å².